The van der Waals surface area contributed by atoms with Crippen molar-refractivity contribution in [1.29, 1.82) is 0 Å². The molecule has 0 aromatic rings. The maximum Gasteiger partial charge on any atom is 0.0172 e. The average Bonchev–Trinajstić information content (AvgIpc) is 2.35. The Bertz CT molecular complexity index is 267. The molecule has 0 bridgehead atoms. The lowest BCUT2D eigenvalue weighted by molar-refractivity contribution is 0.103. The first kappa shape index (κ1) is 14.7. The highest BCUT2D eigenvalue weighted by Crippen LogP contribution is 2.38. The van der Waals surface area contributed by atoms with Crippen LogP contribution in [0.3, 0.4) is 0 Å². The molecule has 0 spiro atoms. The van der Waals surface area contributed by atoms with Crippen molar-refractivity contribution in [3.63, 3.8) is 0 Å². The molecule has 2 N–H and O–H groups in total. The van der Waals surface area contributed by atoms with Gasteiger partial charge in [-0.25, -0.2) is 0 Å². The van der Waals surface area contributed by atoms with Crippen LogP contribution in [0.1, 0.15) is 46.5 Å². The quantitative estimate of drug-likeness (QED) is 0.855. The first-order valence-electron chi connectivity index (χ1n) is 7.62. The van der Waals surface area contributed by atoms with Gasteiger partial charge >= 0.3 is 0 Å². The van der Waals surface area contributed by atoms with E-state index in [1.165, 1.54) is 51.1 Å². The summed E-state index contributed by atoms with van der Waals surface area (Å²) in [6.07, 6.45) is 5.32. The average molecular weight is 270 g/mol. The van der Waals surface area contributed by atoms with Gasteiger partial charge in [-0.05, 0) is 30.6 Å². The minimum absolute atomic E-state index is 0.345. The molecule has 0 amide bonds. The Morgan fingerprint density at radius 1 is 1.39 bits per heavy atom. The van der Waals surface area contributed by atoms with Crippen LogP contribution in [0.15, 0.2) is 0 Å². The molecule has 18 heavy (non-hydrogen) atoms. The summed E-state index contributed by atoms with van der Waals surface area (Å²) >= 11 is 2.16. The molecule has 0 radical (unpaired) electrons. The van der Waals surface area contributed by atoms with E-state index in [4.69, 9.17) is 5.73 Å². The van der Waals surface area contributed by atoms with E-state index in [0.29, 0.717) is 17.4 Å². The highest BCUT2D eigenvalue weighted by Gasteiger charge is 2.37. The van der Waals surface area contributed by atoms with Gasteiger partial charge in [0, 0.05) is 36.7 Å². The van der Waals surface area contributed by atoms with Crippen LogP contribution in [-0.2, 0) is 0 Å². The molecule has 2 rings (SSSR count). The molecule has 3 unspecified atom stereocenters. The Hall–Kier alpha value is 0.270. The lowest BCUT2D eigenvalue weighted by Gasteiger charge is -2.44. The van der Waals surface area contributed by atoms with Crippen LogP contribution in [0.4, 0.5) is 0 Å². The summed E-state index contributed by atoms with van der Waals surface area (Å²) in [7, 11) is 0. The molecule has 106 valence electrons. The zero-order valence-electron chi connectivity index (χ0n) is 12.3. The van der Waals surface area contributed by atoms with Gasteiger partial charge in [0.1, 0.15) is 0 Å². The number of nitrogens with two attached hydrogens (primary N) is 1. The lowest BCUT2D eigenvalue weighted by Crippen LogP contribution is -2.51. The van der Waals surface area contributed by atoms with Gasteiger partial charge in [-0.2, -0.15) is 11.8 Å². The Labute approximate surface area is 117 Å². The zero-order chi connectivity index (χ0) is 13.2. The summed E-state index contributed by atoms with van der Waals surface area (Å²) in [6, 6.07) is 0.390. The van der Waals surface area contributed by atoms with E-state index in [9.17, 15) is 0 Å². The van der Waals surface area contributed by atoms with Gasteiger partial charge in [0.05, 0.1) is 0 Å². The molecule has 2 aliphatic rings. The molecule has 1 saturated carbocycles. The minimum Gasteiger partial charge on any atom is -0.327 e. The normalized spacial score (nSPS) is 37.7. The fourth-order valence-corrected chi connectivity index (χ4v) is 4.78. The van der Waals surface area contributed by atoms with Crippen LogP contribution in [0, 0.1) is 11.3 Å². The third-order valence-electron chi connectivity index (χ3n) is 4.98. The van der Waals surface area contributed by atoms with Crippen molar-refractivity contribution >= 4 is 11.8 Å². The lowest BCUT2D eigenvalue weighted by atomic mass is 9.68. The first-order chi connectivity index (χ1) is 8.53. The number of hydrogen-bond donors (Lipinski definition) is 1. The van der Waals surface area contributed by atoms with E-state index in [1.807, 2.05) is 0 Å². The number of rotatable bonds is 3. The fourth-order valence-electron chi connectivity index (χ4n) is 3.53. The van der Waals surface area contributed by atoms with E-state index in [-0.39, 0.29) is 0 Å². The van der Waals surface area contributed by atoms with Crippen molar-refractivity contribution in [3.05, 3.63) is 0 Å². The highest BCUT2D eigenvalue weighted by molar-refractivity contribution is 8.00. The predicted octanol–water partition coefficient (Wildman–Crippen LogP) is 2.97. The Kier molecular flexibility index (Phi) is 5.01. The number of hydrogen-bond acceptors (Lipinski definition) is 3. The van der Waals surface area contributed by atoms with Gasteiger partial charge in [-0.1, -0.05) is 27.2 Å². The monoisotopic (exact) mass is 270 g/mol. The van der Waals surface area contributed by atoms with Gasteiger partial charge in [-0.15, -0.1) is 0 Å². The second kappa shape index (κ2) is 6.15. The number of thioether (sulfide) groups is 1. The van der Waals surface area contributed by atoms with Gasteiger partial charge in [0.2, 0.25) is 0 Å². The molecule has 0 aromatic carbocycles. The minimum atomic E-state index is 0.345. The zero-order valence-corrected chi connectivity index (χ0v) is 13.1. The van der Waals surface area contributed by atoms with Crippen LogP contribution >= 0.6 is 11.8 Å². The Morgan fingerprint density at radius 3 is 2.89 bits per heavy atom. The summed E-state index contributed by atoms with van der Waals surface area (Å²) in [5.41, 5.74) is 6.85. The van der Waals surface area contributed by atoms with Crippen molar-refractivity contribution in [2.45, 2.75) is 57.7 Å². The maximum absolute atomic E-state index is 6.51. The molecular weight excluding hydrogens is 240 g/mol. The van der Waals surface area contributed by atoms with Crippen LogP contribution in [-0.4, -0.2) is 41.6 Å². The summed E-state index contributed by atoms with van der Waals surface area (Å²) in [5, 5.41) is 0.853. The maximum atomic E-state index is 6.51. The molecule has 1 aliphatic carbocycles. The van der Waals surface area contributed by atoms with Crippen molar-refractivity contribution in [3.8, 4) is 0 Å². The number of nitrogens with zero attached hydrogens (tertiary/aromatic N) is 1. The predicted molar refractivity (Wildman–Crippen MR) is 82.1 cm³/mol. The van der Waals surface area contributed by atoms with Crippen molar-refractivity contribution in [2.75, 3.05) is 25.4 Å². The van der Waals surface area contributed by atoms with Crippen LogP contribution in [0.2, 0.25) is 0 Å². The first-order valence-corrected chi connectivity index (χ1v) is 8.67. The molecule has 2 nitrogen and oxygen atoms in total. The van der Waals surface area contributed by atoms with Crippen LogP contribution < -0.4 is 5.73 Å². The van der Waals surface area contributed by atoms with Gasteiger partial charge in [0.15, 0.2) is 0 Å². The van der Waals surface area contributed by atoms with E-state index in [0.717, 1.165) is 5.25 Å². The molecular formula is C15H30N2S. The van der Waals surface area contributed by atoms with Gasteiger partial charge < -0.3 is 10.6 Å². The molecule has 1 saturated heterocycles. The van der Waals surface area contributed by atoms with Gasteiger partial charge in [0.25, 0.3) is 0 Å². The molecule has 1 heterocycles. The standard InChI is InChI=1S/C15H30N2S/c1-4-13-11-17(8-9-18-13)10-12-6-5-7-15(2,3)14(12)16/h12-14H,4-11,16H2,1-3H3. The summed E-state index contributed by atoms with van der Waals surface area (Å²) < 4.78 is 0. The fraction of sp³-hybridized carbons (Fsp3) is 1.00. The smallest absolute Gasteiger partial charge is 0.0172 e. The molecule has 3 atom stereocenters. The van der Waals surface area contributed by atoms with Crippen molar-refractivity contribution < 1.29 is 0 Å². The summed E-state index contributed by atoms with van der Waals surface area (Å²) in [5.74, 6) is 2.03. The SMILES string of the molecule is CCC1CN(CC2CCCC(C)(C)C2N)CCS1. The third kappa shape index (κ3) is 3.43. The molecule has 0 aromatic heterocycles. The molecule has 2 fully saturated rings. The van der Waals surface area contributed by atoms with Crippen LogP contribution in [0.5, 0.6) is 0 Å². The summed E-state index contributed by atoms with van der Waals surface area (Å²) in [4.78, 5) is 2.68. The third-order valence-corrected chi connectivity index (χ3v) is 6.35. The Balaban J connectivity index is 1.88. The van der Waals surface area contributed by atoms with E-state index >= 15 is 0 Å². The second-order valence-electron chi connectivity index (χ2n) is 6.83. The van der Waals surface area contributed by atoms with Crippen molar-refractivity contribution in [1.82, 2.24) is 4.90 Å². The Morgan fingerprint density at radius 2 is 2.17 bits per heavy atom. The largest absolute Gasteiger partial charge is 0.327 e. The topological polar surface area (TPSA) is 29.3 Å². The van der Waals surface area contributed by atoms with Crippen molar-refractivity contribution in [2.24, 2.45) is 17.1 Å². The van der Waals surface area contributed by atoms with Gasteiger partial charge in [-0.3, -0.25) is 0 Å². The highest BCUT2D eigenvalue weighted by atomic mass is 32.2. The summed E-state index contributed by atoms with van der Waals surface area (Å²) in [6.45, 7) is 10.8. The van der Waals surface area contributed by atoms with Crippen LogP contribution in [0.25, 0.3) is 0 Å². The second-order valence-corrected chi connectivity index (χ2v) is 8.24. The van der Waals surface area contributed by atoms with E-state index < -0.39 is 0 Å². The van der Waals surface area contributed by atoms with E-state index in [1.54, 1.807) is 0 Å². The molecule has 1 aliphatic heterocycles. The van der Waals surface area contributed by atoms with E-state index in [2.05, 4.69) is 37.4 Å². The molecule has 3 heteroatoms.